The number of hydrogen-bond acceptors (Lipinski definition) is 5. The van der Waals surface area contributed by atoms with Gasteiger partial charge in [0.15, 0.2) is 5.13 Å². The molecule has 3 aromatic carbocycles. The molecule has 3 N–H and O–H groups in total. The van der Waals surface area contributed by atoms with Crippen LogP contribution in [-0.4, -0.2) is 29.3 Å². The molecule has 0 bridgehead atoms. The van der Waals surface area contributed by atoms with E-state index in [9.17, 15) is 9.59 Å². The molecule has 0 atom stereocenters. The van der Waals surface area contributed by atoms with Gasteiger partial charge in [-0.3, -0.25) is 5.32 Å². The molecular weight excluding hydrogens is 527 g/mol. The van der Waals surface area contributed by atoms with Crippen molar-refractivity contribution in [3.05, 3.63) is 76.6 Å². The van der Waals surface area contributed by atoms with Gasteiger partial charge in [0.05, 0.1) is 10.2 Å². The summed E-state index contributed by atoms with van der Waals surface area (Å²) < 4.78 is 22.1. The van der Waals surface area contributed by atoms with Gasteiger partial charge in [-0.25, -0.2) is 19.0 Å². The van der Waals surface area contributed by atoms with Crippen LogP contribution in [0, 0.1) is 5.82 Å². The lowest BCUT2D eigenvalue weighted by atomic mass is 9.97. The van der Waals surface area contributed by atoms with Crippen LogP contribution in [0.2, 0.25) is 5.02 Å². The smallest absolute Gasteiger partial charge is 0.413 e. The van der Waals surface area contributed by atoms with Crippen molar-refractivity contribution in [1.82, 2.24) is 10.3 Å². The Bertz CT molecular complexity index is 1480. The average Bonchev–Trinajstić information content (AvgIpc) is 3.21. The predicted molar refractivity (Wildman–Crippen MR) is 152 cm³/mol. The van der Waals surface area contributed by atoms with Crippen LogP contribution in [0.15, 0.2) is 54.6 Å². The number of thiazole rings is 1. The van der Waals surface area contributed by atoms with Crippen LogP contribution >= 0.6 is 22.9 Å². The molecule has 1 heterocycles. The molecule has 10 heteroatoms. The summed E-state index contributed by atoms with van der Waals surface area (Å²) >= 11 is 7.46. The number of urea groups is 1. The number of carbonyl (C=O) groups excluding carboxylic acids is 2. The predicted octanol–water partition coefficient (Wildman–Crippen LogP) is 7.84. The third kappa shape index (κ3) is 6.79. The van der Waals surface area contributed by atoms with Gasteiger partial charge in [-0.2, -0.15) is 0 Å². The maximum atomic E-state index is 16.1. The highest BCUT2D eigenvalue weighted by molar-refractivity contribution is 7.22. The van der Waals surface area contributed by atoms with Crippen LogP contribution in [0.3, 0.4) is 0 Å². The Labute approximate surface area is 229 Å². The number of nitrogens with one attached hydrogen (secondary N) is 3. The van der Waals surface area contributed by atoms with Crippen molar-refractivity contribution in [3.8, 4) is 11.1 Å². The molecular formula is C28H28ClFN4O3S. The zero-order chi connectivity index (χ0) is 27.4. The van der Waals surface area contributed by atoms with Crippen molar-refractivity contribution in [2.75, 3.05) is 17.2 Å². The summed E-state index contributed by atoms with van der Waals surface area (Å²) in [5.41, 5.74) is 2.60. The number of anilines is 2. The number of fused-ring (bicyclic) bond motifs is 1. The minimum Gasteiger partial charge on any atom is -0.444 e. The van der Waals surface area contributed by atoms with Crippen molar-refractivity contribution in [1.29, 1.82) is 0 Å². The fourth-order valence-electron chi connectivity index (χ4n) is 3.84. The Morgan fingerprint density at radius 1 is 1.08 bits per heavy atom. The van der Waals surface area contributed by atoms with Crippen molar-refractivity contribution < 1.29 is 18.7 Å². The number of nitrogens with zero attached hydrogens (tertiary/aromatic N) is 1. The second-order valence-corrected chi connectivity index (χ2v) is 11.1. The maximum absolute atomic E-state index is 16.1. The van der Waals surface area contributed by atoms with E-state index in [1.807, 2.05) is 19.1 Å². The number of hydrogen-bond donors (Lipinski definition) is 3. The number of aromatic nitrogens is 1. The summed E-state index contributed by atoms with van der Waals surface area (Å²) in [6.45, 7) is 7.67. The minimum absolute atomic E-state index is 0.288. The fraction of sp³-hybridized carbons (Fsp3) is 0.250. The van der Waals surface area contributed by atoms with Gasteiger partial charge in [-0.15, -0.1) is 0 Å². The normalized spacial score (nSPS) is 11.3. The molecule has 0 aliphatic carbocycles. The number of benzene rings is 3. The van der Waals surface area contributed by atoms with Gasteiger partial charge >= 0.3 is 12.1 Å². The summed E-state index contributed by atoms with van der Waals surface area (Å²) in [6.07, 6.45) is -0.327. The lowest BCUT2D eigenvalue weighted by molar-refractivity contribution is 0.0636. The number of carbonyl (C=O) groups is 2. The molecule has 4 aromatic rings. The SMILES string of the molecule is CCNC(=O)Nc1ccc(Cc2cc3sc(NC(=O)OC(C)(C)C)nc3c(-c3cccc(Cl)c3)c2F)cc1. The Morgan fingerprint density at radius 2 is 1.82 bits per heavy atom. The van der Waals surface area contributed by atoms with Crippen LogP contribution in [0.25, 0.3) is 21.3 Å². The van der Waals surface area contributed by atoms with Crippen molar-refractivity contribution >= 4 is 56.1 Å². The molecule has 198 valence electrons. The second-order valence-electron chi connectivity index (χ2n) is 9.59. The Hall–Kier alpha value is -3.69. The lowest BCUT2D eigenvalue weighted by Crippen LogP contribution is -2.28. The first-order valence-electron chi connectivity index (χ1n) is 12.0. The van der Waals surface area contributed by atoms with Crippen LogP contribution in [0.4, 0.5) is 24.8 Å². The van der Waals surface area contributed by atoms with Crippen LogP contribution in [0.1, 0.15) is 38.8 Å². The highest BCUT2D eigenvalue weighted by atomic mass is 35.5. The van der Waals surface area contributed by atoms with E-state index in [0.29, 0.717) is 55.7 Å². The van der Waals surface area contributed by atoms with E-state index in [2.05, 4.69) is 20.9 Å². The first-order chi connectivity index (χ1) is 18.0. The van der Waals surface area contributed by atoms with Gasteiger partial charge in [0.1, 0.15) is 11.4 Å². The molecule has 38 heavy (non-hydrogen) atoms. The van der Waals surface area contributed by atoms with E-state index in [1.165, 1.54) is 11.3 Å². The zero-order valence-corrected chi connectivity index (χ0v) is 23.0. The summed E-state index contributed by atoms with van der Waals surface area (Å²) in [5, 5.41) is 8.85. The molecule has 0 radical (unpaired) electrons. The van der Waals surface area contributed by atoms with Gasteiger partial charge in [0.25, 0.3) is 0 Å². The second kappa shape index (κ2) is 11.4. The van der Waals surface area contributed by atoms with Gasteiger partial charge in [-0.1, -0.05) is 47.2 Å². The Balaban J connectivity index is 1.71. The van der Waals surface area contributed by atoms with E-state index in [-0.39, 0.29) is 6.03 Å². The number of halogens is 2. The highest BCUT2D eigenvalue weighted by Crippen LogP contribution is 2.39. The molecule has 0 unspecified atom stereocenters. The van der Waals surface area contributed by atoms with E-state index >= 15 is 4.39 Å². The summed E-state index contributed by atoms with van der Waals surface area (Å²) in [7, 11) is 0. The standard InChI is InChI=1S/C28H28ClFN4O3S/c1-5-31-25(35)32-20-11-9-16(10-12-20)13-18-15-21-24(22(23(18)30)17-7-6-8-19(29)14-17)33-26(38-21)34-27(36)37-28(2,3)4/h6-12,14-15H,5,13H2,1-4H3,(H2,31,32,35)(H,33,34,36). The largest absolute Gasteiger partial charge is 0.444 e. The van der Waals surface area contributed by atoms with Crippen molar-refractivity contribution in [3.63, 3.8) is 0 Å². The maximum Gasteiger partial charge on any atom is 0.413 e. The van der Waals surface area contributed by atoms with E-state index in [0.717, 1.165) is 5.56 Å². The molecule has 0 spiro atoms. The van der Waals surface area contributed by atoms with Gasteiger partial charge in [0, 0.05) is 29.2 Å². The van der Waals surface area contributed by atoms with Gasteiger partial charge in [-0.05, 0) is 74.7 Å². The zero-order valence-electron chi connectivity index (χ0n) is 21.4. The first-order valence-corrected chi connectivity index (χ1v) is 13.2. The summed E-state index contributed by atoms with van der Waals surface area (Å²) in [6, 6.07) is 15.6. The lowest BCUT2D eigenvalue weighted by Gasteiger charge is -2.18. The summed E-state index contributed by atoms with van der Waals surface area (Å²) in [4.78, 5) is 28.6. The van der Waals surface area contributed by atoms with E-state index in [1.54, 1.807) is 63.2 Å². The topological polar surface area (TPSA) is 92.4 Å². The first kappa shape index (κ1) is 27.3. The van der Waals surface area contributed by atoms with Crippen LogP contribution < -0.4 is 16.0 Å². The van der Waals surface area contributed by atoms with E-state index < -0.39 is 17.5 Å². The molecule has 0 aliphatic heterocycles. The van der Waals surface area contributed by atoms with Crippen LogP contribution in [0.5, 0.6) is 0 Å². The highest BCUT2D eigenvalue weighted by Gasteiger charge is 2.22. The van der Waals surface area contributed by atoms with Gasteiger partial charge < -0.3 is 15.4 Å². The molecule has 1 aromatic heterocycles. The number of rotatable bonds is 6. The minimum atomic E-state index is -0.670. The number of ether oxygens (including phenoxy) is 1. The van der Waals surface area contributed by atoms with Crippen LogP contribution in [-0.2, 0) is 11.2 Å². The molecule has 0 saturated heterocycles. The number of amides is 3. The molecule has 0 saturated carbocycles. The molecule has 4 rings (SSSR count). The van der Waals surface area contributed by atoms with Gasteiger partial charge in [0.2, 0.25) is 0 Å². The molecule has 7 nitrogen and oxygen atoms in total. The Kier molecular flexibility index (Phi) is 8.18. The third-order valence-corrected chi connectivity index (χ3v) is 6.51. The average molecular weight is 555 g/mol. The van der Waals surface area contributed by atoms with Crippen molar-refractivity contribution in [2.45, 2.75) is 39.7 Å². The monoisotopic (exact) mass is 554 g/mol. The Morgan fingerprint density at radius 3 is 2.47 bits per heavy atom. The molecule has 0 aliphatic rings. The summed E-state index contributed by atoms with van der Waals surface area (Å²) in [5.74, 6) is -0.418. The fourth-order valence-corrected chi connectivity index (χ4v) is 4.95. The third-order valence-electron chi connectivity index (χ3n) is 5.36. The quantitative estimate of drug-likeness (QED) is 0.226. The van der Waals surface area contributed by atoms with Crippen molar-refractivity contribution in [2.24, 2.45) is 0 Å². The molecule has 3 amide bonds. The van der Waals surface area contributed by atoms with E-state index in [4.69, 9.17) is 16.3 Å². The molecule has 0 fully saturated rings.